The molecule has 8 nitrogen and oxygen atoms in total. The molecule has 2 aliphatic heterocycles. The third-order valence-corrected chi connectivity index (χ3v) is 8.08. The molecule has 3 aliphatic rings. The number of hydrogen-bond donors (Lipinski definition) is 1. The number of hydrogen-bond acceptors (Lipinski definition) is 6. The molecule has 0 radical (unpaired) electrons. The minimum atomic E-state index is -3.00. The van der Waals surface area contributed by atoms with E-state index in [2.05, 4.69) is 14.5 Å². The summed E-state index contributed by atoms with van der Waals surface area (Å²) in [6.07, 6.45) is 6.96. The van der Waals surface area contributed by atoms with Crippen LogP contribution in [0.2, 0.25) is 0 Å². The van der Waals surface area contributed by atoms with Crippen LogP contribution in [0, 0.1) is 0 Å². The molecule has 0 spiro atoms. The fourth-order valence-electron chi connectivity index (χ4n) is 5.97. The fourth-order valence-corrected chi connectivity index (χ4v) is 5.97. The first kappa shape index (κ1) is 22.3. The highest BCUT2D eigenvalue weighted by molar-refractivity contribution is 5.98. The number of ether oxygens (including phenoxy) is 1. The standard InChI is InChI=1S/C27H24F2N6O2/c1-34-20-11-19(22-16(24(34)36)4-2-5-21(22)37-26(28)29)35-18-10-14(6-7-17(18)33-23(20)35)15-12-31-25(32-13-15)27(30)8-3-9-27/h2,4-7,10,12-13,19-20,26H,3,8-9,11,30H2,1H3/t19-,20-/m1/s1. The number of carbonyl (C=O) groups excluding carboxylic acids is 1. The van der Waals surface area contributed by atoms with Crippen molar-refractivity contribution >= 4 is 16.9 Å². The average molecular weight is 503 g/mol. The molecule has 1 aliphatic carbocycles. The van der Waals surface area contributed by atoms with Gasteiger partial charge in [0.1, 0.15) is 17.4 Å². The fraction of sp³-hybridized carbons (Fsp3) is 0.333. The molecule has 4 aromatic rings. The van der Waals surface area contributed by atoms with Crippen LogP contribution >= 0.6 is 0 Å². The van der Waals surface area contributed by atoms with Gasteiger partial charge in [0.2, 0.25) is 0 Å². The molecule has 1 amide bonds. The van der Waals surface area contributed by atoms with E-state index in [4.69, 9.17) is 15.5 Å². The number of fused-ring (bicyclic) bond motifs is 9. The maximum atomic E-state index is 13.3. The van der Waals surface area contributed by atoms with Crippen molar-refractivity contribution in [2.24, 2.45) is 5.73 Å². The van der Waals surface area contributed by atoms with E-state index < -0.39 is 12.2 Å². The zero-order chi connectivity index (χ0) is 25.5. The third-order valence-electron chi connectivity index (χ3n) is 8.08. The highest BCUT2D eigenvalue weighted by Crippen LogP contribution is 2.50. The summed E-state index contributed by atoms with van der Waals surface area (Å²) in [5, 5.41) is 0. The Kier molecular flexibility index (Phi) is 4.69. The lowest BCUT2D eigenvalue weighted by Crippen LogP contribution is -2.44. The minimum absolute atomic E-state index is 0.0152. The van der Waals surface area contributed by atoms with E-state index in [9.17, 15) is 13.6 Å². The number of nitrogens with two attached hydrogens (primary N) is 1. The Morgan fingerprint density at radius 3 is 2.59 bits per heavy atom. The molecule has 1 saturated carbocycles. The summed E-state index contributed by atoms with van der Waals surface area (Å²) in [5.41, 5.74) is 10.1. The molecular weight excluding hydrogens is 478 g/mol. The predicted octanol–water partition coefficient (Wildman–Crippen LogP) is 4.55. The first-order chi connectivity index (χ1) is 17.8. The monoisotopic (exact) mass is 502 g/mol. The van der Waals surface area contributed by atoms with Crippen LogP contribution in [0.15, 0.2) is 48.8 Å². The van der Waals surface area contributed by atoms with Crippen LogP contribution in [-0.4, -0.2) is 44.0 Å². The normalized spacial score (nSPS) is 21.5. The Morgan fingerprint density at radius 2 is 1.89 bits per heavy atom. The van der Waals surface area contributed by atoms with Crippen LogP contribution < -0.4 is 10.5 Å². The lowest BCUT2D eigenvalue weighted by molar-refractivity contribution is -0.0507. The Hall–Kier alpha value is -3.92. The van der Waals surface area contributed by atoms with Crippen LogP contribution in [0.25, 0.3) is 22.2 Å². The molecule has 2 atom stereocenters. The lowest BCUT2D eigenvalue weighted by atomic mass is 9.77. The van der Waals surface area contributed by atoms with Gasteiger partial charge in [0.05, 0.1) is 28.7 Å². The SMILES string of the molecule is CN1C(=O)c2cccc(OC(F)F)c2[C@H]2C[C@@H]1c1nc3ccc(-c4cnc(C5(N)CCC5)nc4)cc3n12. The quantitative estimate of drug-likeness (QED) is 0.440. The largest absolute Gasteiger partial charge is 0.434 e. The molecular formula is C27H24F2N6O2. The summed E-state index contributed by atoms with van der Waals surface area (Å²) in [7, 11) is 1.73. The van der Waals surface area contributed by atoms with Gasteiger partial charge >= 0.3 is 6.61 Å². The summed E-state index contributed by atoms with van der Waals surface area (Å²) < 4.78 is 33.6. The van der Waals surface area contributed by atoms with E-state index in [0.717, 1.165) is 47.2 Å². The first-order valence-corrected chi connectivity index (χ1v) is 12.3. The predicted molar refractivity (Wildman–Crippen MR) is 131 cm³/mol. The summed E-state index contributed by atoms with van der Waals surface area (Å²) in [5.74, 6) is 1.17. The van der Waals surface area contributed by atoms with Gasteiger partial charge in [0.15, 0.2) is 0 Å². The maximum Gasteiger partial charge on any atom is 0.387 e. The van der Waals surface area contributed by atoms with Gasteiger partial charge in [-0.15, -0.1) is 0 Å². The molecule has 4 heterocycles. The number of halogens is 2. The zero-order valence-corrected chi connectivity index (χ0v) is 20.1. The molecule has 37 heavy (non-hydrogen) atoms. The topological polar surface area (TPSA) is 99.2 Å². The van der Waals surface area contributed by atoms with E-state index in [1.807, 2.05) is 18.2 Å². The molecule has 188 valence electrons. The molecule has 2 bridgehead atoms. The summed E-state index contributed by atoms with van der Waals surface area (Å²) in [6, 6.07) is 9.97. The smallest absolute Gasteiger partial charge is 0.387 e. The van der Waals surface area contributed by atoms with Gasteiger partial charge in [-0.25, -0.2) is 15.0 Å². The number of benzene rings is 2. The highest BCUT2D eigenvalue weighted by Gasteiger charge is 2.45. The van der Waals surface area contributed by atoms with Crippen LogP contribution in [0.5, 0.6) is 5.75 Å². The first-order valence-electron chi connectivity index (χ1n) is 12.3. The average Bonchev–Trinajstić information content (AvgIpc) is 3.40. The van der Waals surface area contributed by atoms with E-state index >= 15 is 0 Å². The second kappa shape index (κ2) is 7.79. The van der Waals surface area contributed by atoms with Gasteiger partial charge in [0, 0.05) is 42.6 Å². The van der Waals surface area contributed by atoms with Gasteiger partial charge in [-0.05, 0) is 49.1 Å². The molecule has 2 N–H and O–H groups in total. The Bertz CT molecular complexity index is 1560. The Balaban J connectivity index is 1.37. The van der Waals surface area contributed by atoms with Crippen molar-refractivity contribution in [3.63, 3.8) is 0 Å². The summed E-state index contributed by atoms with van der Waals surface area (Å²) >= 11 is 0. The zero-order valence-electron chi connectivity index (χ0n) is 20.1. The number of rotatable bonds is 4. The van der Waals surface area contributed by atoms with Crippen molar-refractivity contribution in [2.75, 3.05) is 7.05 Å². The number of alkyl halides is 2. The van der Waals surface area contributed by atoms with E-state index in [1.165, 1.54) is 6.07 Å². The number of imidazole rings is 1. The molecule has 2 aromatic carbocycles. The molecule has 0 unspecified atom stereocenters. The maximum absolute atomic E-state index is 13.3. The summed E-state index contributed by atoms with van der Waals surface area (Å²) in [4.78, 5) is 28.9. The van der Waals surface area contributed by atoms with Crippen molar-refractivity contribution < 1.29 is 18.3 Å². The molecule has 10 heteroatoms. The van der Waals surface area contributed by atoms with E-state index in [0.29, 0.717) is 23.4 Å². The van der Waals surface area contributed by atoms with Gasteiger partial charge in [-0.3, -0.25) is 4.79 Å². The van der Waals surface area contributed by atoms with Crippen molar-refractivity contribution in [2.45, 2.75) is 49.9 Å². The molecule has 0 saturated heterocycles. The highest BCUT2D eigenvalue weighted by atomic mass is 19.3. The van der Waals surface area contributed by atoms with Gasteiger partial charge in [0.25, 0.3) is 5.91 Å². The number of nitrogens with zero attached hydrogens (tertiary/aromatic N) is 5. The number of aromatic nitrogens is 4. The minimum Gasteiger partial charge on any atom is -0.434 e. The second-order valence-electron chi connectivity index (χ2n) is 10.1. The number of carbonyl (C=O) groups is 1. The van der Waals surface area contributed by atoms with Crippen LogP contribution in [-0.2, 0) is 5.54 Å². The van der Waals surface area contributed by atoms with Gasteiger partial charge < -0.3 is 19.9 Å². The van der Waals surface area contributed by atoms with Crippen LogP contribution in [0.3, 0.4) is 0 Å². The van der Waals surface area contributed by atoms with E-state index in [-0.39, 0.29) is 23.7 Å². The lowest BCUT2D eigenvalue weighted by Gasteiger charge is -2.36. The van der Waals surface area contributed by atoms with Gasteiger partial charge in [-0.1, -0.05) is 12.1 Å². The Morgan fingerprint density at radius 1 is 1.11 bits per heavy atom. The molecule has 7 rings (SSSR count). The van der Waals surface area contributed by atoms with Gasteiger partial charge in [-0.2, -0.15) is 8.78 Å². The second-order valence-corrected chi connectivity index (χ2v) is 10.1. The number of amides is 1. The Labute approximate surface area is 211 Å². The van der Waals surface area contributed by atoms with Crippen molar-refractivity contribution in [1.82, 2.24) is 24.4 Å². The van der Waals surface area contributed by atoms with Crippen molar-refractivity contribution in [3.05, 3.63) is 71.6 Å². The molecule has 1 fully saturated rings. The summed E-state index contributed by atoms with van der Waals surface area (Å²) in [6.45, 7) is -3.00. The van der Waals surface area contributed by atoms with Crippen LogP contribution in [0.4, 0.5) is 8.78 Å². The molecule has 2 aromatic heterocycles. The third kappa shape index (κ3) is 3.21. The van der Waals surface area contributed by atoms with Crippen molar-refractivity contribution in [3.8, 4) is 16.9 Å². The van der Waals surface area contributed by atoms with Crippen molar-refractivity contribution in [1.29, 1.82) is 0 Å². The van der Waals surface area contributed by atoms with Crippen LogP contribution in [0.1, 0.15) is 65.3 Å². The van der Waals surface area contributed by atoms with E-state index in [1.54, 1.807) is 36.5 Å².